The molecule has 4 nitrogen and oxygen atoms in total. The molecule has 5 heteroatoms. The Hall–Kier alpha value is -1.85. The van der Waals surface area contributed by atoms with Gasteiger partial charge < -0.3 is 10.6 Å². The quantitative estimate of drug-likeness (QED) is 0.608. The van der Waals surface area contributed by atoms with Crippen LogP contribution in [-0.2, 0) is 18.4 Å². The minimum Gasteiger partial charge on any atom is -0.356 e. The van der Waals surface area contributed by atoms with Gasteiger partial charge in [0.05, 0.1) is 0 Å². The molecule has 2 aliphatic rings. The molecular formula is C21H28N4S. The van der Waals surface area contributed by atoms with Crippen LogP contribution in [-0.4, -0.2) is 44.1 Å². The van der Waals surface area contributed by atoms with Crippen molar-refractivity contribution in [3.63, 3.8) is 0 Å². The average Bonchev–Trinajstić information content (AvgIpc) is 3.34. The van der Waals surface area contributed by atoms with Crippen molar-refractivity contribution in [3.05, 3.63) is 57.8 Å². The first-order chi connectivity index (χ1) is 12.8. The van der Waals surface area contributed by atoms with Crippen LogP contribution in [0.4, 0.5) is 0 Å². The van der Waals surface area contributed by atoms with Crippen molar-refractivity contribution >= 4 is 17.3 Å². The van der Waals surface area contributed by atoms with Gasteiger partial charge in [-0.05, 0) is 41.8 Å². The minimum atomic E-state index is 0.307. The molecule has 1 fully saturated rings. The number of hydrogen-bond acceptors (Lipinski definition) is 3. The molecule has 0 saturated heterocycles. The first-order valence-electron chi connectivity index (χ1n) is 9.57. The largest absolute Gasteiger partial charge is 0.356 e. The maximum atomic E-state index is 4.40. The molecule has 2 heterocycles. The lowest BCUT2D eigenvalue weighted by Crippen LogP contribution is -2.44. The normalized spacial score (nSPS) is 19.0. The number of guanidine groups is 1. The van der Waals surface area contributed by atoms with Crippen molar-refractivity contribution in [3.8, 4) is 0 Å². The Labute approximate surface area is 160 Å². The second-order valence-electron chi connectivity index (χ2n) is 7.39. The molecule has 1 aromatic carbocycles. The fraction of sp³-hybridized carbons (Fsp3) is 0.476. The van der Waals surface area contributed by atoms with E-state index in [4.69, 9.17) is 0 Å². The van der Waals surface area contributed by atoms with Crippen LogP contribution in [0.25, 0.3) is 0 Å². The maximum Gasteiger partial charge on any atom is 0.191 e. The lowest BCUT2D eigenvalue weighted by Gasteiger charge is -2.27. The van der Waals surface area contributed by atoms with Gasteiger partial charge in [0.1, 0.15) is 0 Å². The molecule has 2 aromatic rings. The lowest BCUT2D eigenvalue weighted by atomic mass is 9.96. The summed E-state index contributed by atoms with van der Waals surface area (Å²) in [5, 5.41) is 9.25. The molecule has 1 saturated carbocycles. The standard InChI is InChI=1S/C21H28N4S/c1-22-20(24-16-21(9-10-21)18-5-3-2-4-6-18)23-11-13-25-12-7-19-17(15-25)8-14-26-19/h2-6,8,14H,7,9-13,15-16H2,1H3,(H2,22,23,24). The highest BCUT2D eigenvalue weighted by Gasteiger charge is 2.43. The molecule has 4 rings (SSSR count). The summed E-state index contributed by atoms with van der Waals surface area (Å²) in [5.41, 5.74) is 3.27. The van der Waals surface area contributed by atoms with E-state index in [0.717, 1.165) is 32.1 Å². The molecule has 1 aliphatic carbocycles. The molecule has 0 unspecified atom stereocenters. The van der Waals surface area contributed by atoms with Crippen molar-refractivity contribution in [1.29, 1.82) is 0 Å². The van der Waals surface area contributed by atoms with E-state index in [9.17, 15) is 0 Å². The Morgan fingerprint density at radius 1 is 1.19 bits per heavy atom. The molecular weight excluding hydrogens is 340 g/mol. The zero-order valence-corrected chi connectivity index (χ0v) is 16.3. The summed E-state index contributed by atoms with van der Waals surface area (Å²) in [6, 6.07) is 13.1. The SMILES string of the molecule is CN=C(NCCN1CCc2sccc2C1)NCC1(c2ccccc2)CC1. The molecule has 0 spiro atoms. The van der Waals surface area contributed by atoms with Crippen LogP contribution in [0.1, 0.15) is 28.8 Å². The average molecular weight is 369 g/mol. The summed E-state index contributed by atoms with van der Waals surface area (Å²) in [4.78, 5) is 8.50. The van der Waals surface area contributed by atoms with E-state index in [-0.39, 0.29) is 0 Å². The summed E-state index contributed by atoms with van der Waals surface area (Å²) in [7, 11) is 1.86. The van der Waals surface area contributed by atoms with Gasteiger partial charge in [-0.2, -0.15) is 0 Å². The summed E-state index contributed by atoms with van der Waals surface area (Å²) in [5.74, 6) is 0.917. The zero-order chi connectivity index (χ0) is 17.8. The second-order valence-corrected chi connectivity index (χ2v) is 8.39. The van der Waals surface area contributed by atoms with E-state index >= 15 is 0 Å². The Bertz CT molecular complexity index is 748. The smallest absolute Gasteiger partial charge is 0.191 e. The van der Waals surface area contributed by atoms with Crippen molar-refractivity contribution in [2.24, 2.45) is 4.99 Å². The van der Waals surface area contributed by atoms with Crippen molar-refractivity contribution in [1.82, 2.24) is 15.5 Å². The van der Waals surface area contributed by atoms with E-state index in [2.05, 4.69) is 62.3 Å². The van der Waals surface area contributed by atoms with Gasteiger partial charge in [0.15, 0.2) is 5.96 Å². The highest BCUT2D eigenvalue weighted by molar-refractivity contribution is 7.10. The predicted octanol–water partition coefficient (Wildman–Crippen LogP) is 3.00. The van der Waals surface area contributed by atoms with Crippen molar-refractivity contribution in [2.45, 2.75) is 31.2 Å². The summed E-state index contributed by atoms with van der Waals surface area (Å²) in [6.07, 6.45) is 3.72. The predicted molar refractivity (Wildman–Crippen MR) is 110 cm³/mol. The number of nitrogens with zero attached hydrogens (tertiary/aromatic N) is 2. The van der Waals surface area contributed by atoms with E-state index in [0.29, 0.717) is 5.41 Å². The lowest BCUT2D eigenvalue weighted by molar-refractivity contribution is 0.260. The van der Waals surface area contributed by atoms with Gasteiger partial charge in [-0.25, -0.2) is 0 Å². The molecule has 1 aliphatic heterocycles. The Morgan fingerprint density at radius 3 is 2.81 bits per heavy atom. The molecule has 138 valence electrons. The molecule has 26 heavy (non-hydrogen) atoms. The van der Waals surface area contributed by atoms with Gasteiger partial charge in [0.2, 0.25) is 0 Å². The van der Waals surface area contributed by atoms with Crippen LogP contribution < -0.4 is 10.6 Å². The molecule has 0 radical (unpaired) electrons. The highest BCUT2D eigenvalue weighted by Crippen LogP contribution is 2.47. The first kappa shape index (κ1) is 17.6. The van der Waals surface area contributed by atoms with E-state index < -0.39 is 0 Å². The van der Waals surface area contributed by atoms with Gasteiger partial charge in [0.25, 0.3) is 0 Å². The molecule has 0 bridgehead atoms. The van der Waals surface area contributed by atoms with E-state index in [1.54, 1.807) is 4.88 Å². The topological polar surface area (TPSA) is 39.7 Å². The Balaban J connectivity index is 1.22. The second kappa shape index (κ2) is 7.80. The highest BCUT2D eigenvalue weighted by atomic mass is 32.1. The fourth-order valence-electron chi connectivity index (χ4n) is 3.81. The van der Waals surface area contributed by atoms with Gasteiger partial charge in [0, 0.05) is 50.1 Å². The van der Waals surface area contributed by atoms with Crippen LogP contribution in [0.5, 0.6) is 0 Å². The molecule has 1 aromatic heterocycles. The Morgan fingerprint density at radius 2 is 2.04 bits per heavy atom. The van der Waals surface area contributed by atoms with Crippen molar-refractivity contribution < 1.29 is 0 Å². The third-order valence-electron chi connectivity index (χ3n) is 5.66. The van der Waals surface area contributed by atoms with Crippen LogP contribution >= 0.6 is 11.3 Å². The van der Waals surface area contributed by atoms with Crippen LogP contribution in [0.15, 0.2) is 46.8 Å². The molecule has 0 atom stereocenters. The summed E-state index contributed by atoms with van der Waals surface area (Å²) >= 11 is 1.90. The Kier molecular flexibility index (Phi) is 5.27. The van der Waals surface area contributed by atoms with Crippen LogP contribution in [0.3, 0.4) is 0 Å². The minimum absolute atomic E-state index is 0.307. The van der Waals surface area contributed by atoms with E-state index in [1.165, 1.54) is 36.9 Å². The number of aliphatic imine (C=N–C) groups is 1. The zero-order valence-electron chi connectivity index (χ0n) is 15.5. The first-order valence-corrected chi connectivity index (χ1v) is 10.4. The summed E-state index contributed by atoms with van der Waals surface area (Å²) in [6.45, 7) is 5.19. The van der Waals surface area contributed by atoms with Crippen molar-refractivity contribution in [2.75, 3.05) is 33.2 Å². The maximum absolute atomic E-state index is 4.40. The number of rotatable bonds is 6. The fourth-order valence-corrected chi connectivity index (χ4v) is 4.70. The van der Waals surface area contributed by atoms with Gasteiger partial charge in [-0.3, -0.25) is 9.89 Å². The molecule has 2 N–H and O–H groups in total. The number of benzene rings is 1. The van der Waals surface area contributed by atoms with Gasteiger partial charge in [-0.1, -0.05) is 30.3 Å². The third-order valence-corrected chi connectivity index (χ3v) is 6.69. The summed E-state index contributed by atoms with van der Waals surface area (Å²) < 4.78 is 0. The monoisotopic (exact) mass is 368 g/mol. The van der Waals surface area contributed by atoms with E-state index in [1.807, 2.05) is 18.4 Å². The molecule has 0 amide bonds. The number of thiophene rings is 1. The number of hydrogen-bond donors (Lipinski definition) is 2. The third kappa shape index (κ3) is 3.94. The van der Waals surface area contributed by atoms with Gasteiger partial charge >= 0.3 is 0 Å². The van der Waals surface area contributed by atoms with Crippen LogP contribution in [0.2, 0.25) is 0 Å². The van der Waals surface area contributed by atoms with Gasteiger partial charge in [-0.15, -0.1) is 11.3 Å². The number of fused-ring (bicyclic) bond motifs is 1. The number of nitrogens with one attached hydrogen (secondary N) is 2. The van der Waals surface area contributed by atoms with Crippen LogP contribution in [0, 0.1) is 0 Å².